The van der Waals surface area contributed by atoms with E-state index in [-0.39, 0.29) is 19.4 Å². The fraction of sp³-hybridized carbons (Fsp3) is 0.750. The number of hydrogen-bond acceptors (Lipinski definition) is 4. The molecule has 0 bridgehead atoms. The summed E-state index contributed by atoms with van der Waals surface area (Å²) >= 11 is 0. The first-order chi connectivity index (χ1) is 8.18. The number of aliphatic carboxylic acids is 1. The Hall–Kier alpha value is -1.59. The van der Waals surface area contributed by atoms with Gasteiger partial charge in [-0.2, -0.15) is 0 Å². The van der Waals surface area contributed by atoms with Gasteiger partial charge in [0.1, 0.15) is 6.04 Å². The average Bonchev–Trinajstić information content (AvgIpc) is 2.21. The number of carboxylic acids is 1. The number of rotatable bonds is 6. The van der Waals surface area contributed by atoms with Crippen LogP contribution in [0.1, 0.15) is 40.5 Å². The van der Waals surface area contributed by atoms with Gasteiger partial charge in [-0.3, -0.25) is 9.59 Å². The first-order valence-electron chi connectivity index (χ1n) is 5.86. The molecule has 0 rings (SSSR count). The smallest absolute Gasteiger partial charge is 0.326 e. The zero-order valence-corrected chi connectivity index (χ0v) is 11.3. The van der Waals surface area contributed by atoms with Crippen molar-refractivity contribution < 1.29 is 24.2 Å². The summed E-state index contributed by atoms with van der Waals surface area (Å²) in [5.41, 5.74) is -0.592. The van der Waals surface area contributed by atoms with Crippen molar-refractivity contribution in [1.29, 1.82) is 0 Å². The molecule has 0 aromatic heterocycles. The third kappa shape index (κ3) is 6.22. The summed E-state index contributed by atoms with van der Waals surface area (Å²) in [5.74, 6) is -2.02. The molecule has 104 valence electrons. The van der Waals surface area contributed by atoms with Gasteiger partial charge in [-0.15, -0.1) is 0 Å². The van der Waals surface area contributed by atoms with Crippen molar-refractivity contribution in [3.63, 3.8) is 0 Å². The van der Waals surface area contributed by atoms with E-state index in [1.165, 1.54) is 0 Å². The number of nitrogens with one attached hydrogen (secondary N) is 1. The van der Waals surface area contributed by atoms with Crippen molar-refractivity contribution in [2.45, 2.75) is 46.6 Å². The molecule has 0 saturated carbocycles. The number of esters is 1. The highest BCUT2D eigenvalue weighted by Gasteiger charge is 2.32. The van der Waals surface area contributed by atoms with E-state index in [0.29, 0.717) is 0 Å². The molecule has 0 fully saturated rings. The Labute approximate surface area is 107 Å². The largest absolute Gasteiger partial charge is 0.480 e. The van der Waals surface area contributed by atoms with Crippen molar-refractivity contribution in [2.75, 3.05) is 6.61 Å². The van der Waals surface area contributed by atoms with E-state index >= 15 is 0 Å². The van der Waals surface area contributed by atoms with E-state index in [0.717, 1.165) is 0 Å². The van der Waals surface area contributed by atoms with Gasteiger partial charge in [0.05, 0.1) is 13.0 Å². The maximum Gasteiger partial charge on any atom is 0.326 e. The molecule has 6 heteroatoms. The molecule has 0 radical (unpaired) electrons. The zero-order chi connectivity index (χ0) is 14.3. The molecule has 0 spiro atoms. The average molecular weight is 259 g/mol. The number of amides is 1. The van der Waals surface area contributed by atoms with Gasteiger partial charge < -0.3 is 15.2 Å². The molecule has 0 heterocycles. The van der Waals surface area contributed by atoms with Crippen LogP contribution in [0.3, 0.4) is 0 Å². The van der Waals surface area contributed by atoms with Crippen molar-refractivity contribution >= 4 is 17.8 Å². The van der Waals surface area contributed by atoms with Crippen LogP contribution in [-0.2, 0) is 19.1 Å². The third-order valence-corrected chi connectivity index (χ3v) is 2.28. The molecule has 0 aliphatic rings. The first-order valence-corrected chi connectivity index (χ1v) is 5.86. The van der Waals surface area contributed by atoms with Crippen LogP contribution in [0.15, 0.2) is 0 Å². The molecule has 0 saturated heterocycles. The van der Waals surface area contributed by atoms with Gasteiger partial charge in [0.15, 0.2) is 0 Å². The maximum absolute atomic E-state index is 11.5. The van der Waals surface area contributed by atoms with Gasteiger partial charge in [0.25, 0.3) is 0 Å². The molecule has 2 N–H and O–H groups in total. The van der Waals surface area contributed by atoms with Crippen LogP contribution >= 0.6 is 0 Å². The lowest BCUT2D eigenvalue weighted by Crippen LogP contribution is -2.49. The highest BCUT2D eigenvalue weighted by atomic mass is 16.5. The van der Waals surface area contributed by atoms with Crippen LogP contribution < -0.4 is 5.32 Å². The summed E-state index contributed by atoms with van der Waals surface area (Å²) in [5, 5.41) is 11.4. The Balaban J connectivity index is 4.28. The normalized spacial score (nSPS) is 12.7. The Bertz CT molecular complexity index is 319. The Morgan fingerprint density at radius 2 is 1.78 bits per heavy atom. The summed E-state index contributed by atoms with van der Waals surface area (Å²) in [6.45, 7) is 7.10. The van der Waals surface area contributed by atoms with Crippen LogP contribution in [-0.4, -0.2) is 35.6 Å². The number of carboxylic acid groups (broad SMARTS) is 1. The van der Waals surface area contributed by atoms with E-state index in [1.807, 2.05) is 0 Å². The van der Waals surface area contributed by atoms with Crippen LogP contribution in [0.25, 0.3) is 0 Å². The fourth-order valence-electron chi connectivity index (χ4n) is 1.33. The molecule has 0 aliphatic heterocycles. The predicted octanol–water partition coefficient (Wildman–Crippen LogP) is 0.945. The standard InChI is InChI=1S/C12H21NO5/c1-5-18-9(15)7-6-8(14)13-10(11(16)17)12(2,3)4/h10H,5-7H2,1-4H3,(H,13,14)(H,16,17)/t10-/m1/s1. The van der Waals surface area contributed by atoms with Crippen LogP contribution in [0.5, 0.6) is 0 Å². The molecule has 6 nitrogen and oxygen atoms in total. The summed E-state index contributed by atoms with van der Waals surface area (Å²) in [7, 11) is 0. The van der Waals surface area contributed by atoms with Crippen molar-refractivity contribution in [3.05, 3.63) is 0 Å². The molecule has 1 amide bonds. The SMILES string of the molecule is CCOC(=O)CCC(=O)N[C@H](C(=O)O)C(C)(C)C. The quantitative estimate of drug-likeness (QED) is 0.693. The topological polar surface area (TPSA) is 92.7 Å². The van der Waals surface area contributed by atoms with Gasteiger partial charge in [-0.25, -0.2) is 4.79 Å². The third-order valence-electron chi connectivity index (χ3n) is 2.28. The van der Waals surface area contributed by atoms with Gasteiger partial charge >= 0.3 is 11.9 Å². The highest BCUT2D eigenvalue weighted by molar-refractivity contribution is 5.86. The molecule has 0 aliphatic carbocycles. The molecular weight excluding hydrogens is 238 g/mol. The van der Waals surface area contributed by atoms with Gasteiger partial charge in [0, 0.05) is 6.42 Å². The fourth-order valence-corrected chi connectivity index (χ4v) is 1.33. The van der Waals surface area contributed by atoms with Gasteiger partial charge in [-0.1, -0.05) is 20.8 Å². The number of hydrogen-bond donors (Lipinski definition) is 2. The van der Waals surface area contributed by atoms with E-state index in [1.54, 1.807) is 27.7 Å². The lowest BCUT2D eigenvalue weighted by molar-refractivity contribution is -0.146. The molecular formula is C12H21NO5. The lowest BCUT2D eigenvalue weighted by Gasteiger charge is -2.27. The Kier molecular flexibility index (Phi) is 6.36. The van der Waals surface area contributed by atoms with E-state index in [2.05, 4.69) is 10.1 Å². The summed E-state index contributed by atoms with van der Waals surface area (Å²) in [6, 6.07) is -0.979. The molecule has 18 heavy (non-hydrogen) atoms. The summed E-state index contributed by atoms with van der Waals surface area (Å²) < 4.78 is 4.68. The van der Waals surface area contributed by atoms with Gasteiger partial charge in [0.2, 0.25) is 5.91 Å². The maximum atomic E-state index is 11.5. The van der Waals surface area contributed by atoms with Crippen LogP contribution in [0.4, 0.5) is 0 Å². The van der Waals surface area contributed by atoms with Crippen molar-refractivity contribution in [3.8, 4) is 0 Å². The van der Waals surface area contributed by atoms with E-state index in [9.17, 15) is 14.4 Å². The second kappa shape index (κ2) is 6.98. The lowest BCUT2D eigenvalue weighted by atomic mass is 9.86. The van der Waals surface area contributed by atoms with Crippen LogP contribution in [0, 0.1) is 5.41 Å². The van der Waals surface area contributed by atoms with Crippen molar-refractivity contribution in [1.82, 2.24) is 5.32 Å². The molecule has 0 aromatic rings. The number of carbonyl (C=O) groups excluding carboxylic acids is 2. The second-order valence-corrected chi connectivity index (χ2v) is 5.01. The molecule has 0 aromatic carbocycles. The van der Waals surface area contributed by atoms with Gasteiger partial charge in [-0.05, 0) is 12.3 Å². The first kappa shape index (κ1) is 16.4. The van der Waals surface area contributed by atoms with E-state index < -0.39 is 29.3 Å². The minimum Gasteiger partial charge on any atom is -0.480 e. The summed E-state index contributed by atoms with van der Waals surface area (Å²) in [6.07, 6.45) is -0.116. The molecule has 1 atom stereocenters. The minimum absolute atomic E-state index is 0.0455. The van der Waals surface area contributed by atoms with E-state index in [4.69, 9.17) is 5.11 Å². The number of ether oxygens (including phenoxy) is 1. The highest BCUT2D eigenvalue weighted by Crippen LogP contribution is 2.19. The van der Waals surface area contributed by atoms with Crippen LogP contribution in [0.2, 0.25) is 0 Å². The monoisotopic (exact) mass is 259 g/mol. The Morgan fingerprint density at radius 3 is 2.17 bits per heavy atom. The predicted molar refractivity (Wildman–Crippen MR) is 64.9 cm³/mol. The summed E-state index contributed by atoms with van der Waals surface area (Å²) in [4.78, 5) is 33.6. The minimum atomic E-state index is -1.09. The second-order valence-electron chi connectivity index (χ2n) is 5.01. The Morgan fingerprint density at radius 1 is 1.22 bits per heavy atom. The number of carbonyl (C=O) groups is 3. The zero-order valence-electron chi connectivity index (χ0n) is 11.3. The van der Waals surface area contributed by atoms with Crippen molar-refractivity contribution in [2.24, 2.45) is 5.41 Å². The molecule has 0 unspecified atom stereocenters.